The van der Waals surface area contributed by atoms with Gasteiger partial charge in [-0.1, -0.05) is 241 Å². The molecule has 0 saturated carbocycles. The molecule has 422 valence electrons. The fourth-order valence-corrected chi connectivity index (χ4v) is 8.95. The summed E-state index contributed by atoms with van der Waals surface area (Å²) in [4.78, 5) is 39.9. The van der Waals surface area contributed by atoms with E-state index in [1.165, 1.54) is 122 Å². The number of amides is 1. The molecule has 9 nitrogen and oxygen atoms in total. The van der Waals surface area contributed by atoms with Crippen LogP contribution in [-0.2, 0) is 27.9 Å². The van der Waals surface area contributed by atoms with Gasteiger partial charge < -0.3 is 28.5 Å². The molecule has 0 saturated heterocycles. The van der Waals surface area contributed by atoms with Crippen molar-refractivity contribution in [3.05, 3.63) is 85.1 Å². The lowest BCUT2D eigenvalue weighted by Gasteiger charge is -2.30. The first-order valence-corrected chi connectivity index (χ1v) is 31.4. The van der Waals surface area contributed by atoms with Crippen LogP contribution in [0, 0.1) is 0 Å². The molecule has 0 fully saturated rings. The number of allylic oxidation sites excluding steroid dienone is 13. The van der Waals surface area contributed by atoms with E-state index in [4.69, 9.17) is 13.8 Å². The van der Waals surface area contributed by atoms with E-state index in [2.05, 4.69) is 99.0 Å². The number of nitrogens with one attached hydrogen (secondary N) is 1. The van der Waals surface area contributed by atoms with Gasteiger partial charge in [-0.05, 0) is 83.1 Å². The first-order chi connectivity index (χ1) is 35.4. The van der Waals surface area contributed by atoms with Gasteiger partial charge in [-0.3, -0.25) is 14.2 Å². The standard InChI is InChI=1S/C63H113N2O7P/c1-7-10-13-16-19-22-25-28-29-30-31-32-33-34-35-38-40-43-46-49-52-55-62(66)64-60(59-71-73(68,69)70-58-57-65(4,5)6)61(54-51-48-45-42-39-36-26-23-20-17-14-11-8-2)72-63(67)56-53-50-47-44-41-37-27-24-21-18-15-12-9-3/h10,13,19,22,28-29,31-32,34-35,40,43,51,54,60-61H,7-9,11-12,14-18,20-21,23-27,30,33,36-39,41-42,44-50,52-53,55-59H2,1-6H3,(H-,64,66,68,69)/b13-10-,22-19-,29-28-,32-31-,35-34-,43-40-,54-51-. The van der Waals surface area contributed by atoms with E-state index in [0.29, 0.717) is 17.4 Å². The quantitative estimate of drug-likeness (QED) is 0.0212. The molecular weight excluding hydrogens is 928 g/mol. The van der Waals surface area contributed by atoms with Gasteiger partial charge in [0.2, 0.25) is 5.91 Å². The molecule has 10 heteroatoms. The minimum atomic E-state index is -4.71. The number of carbonyl (C=O) groups is 2. The van der Waals surface area contributed by atoms with Crippen molar-refractivity contribution in [1.29, 1.82) is 0 Å². The number of unbranched alkanes of at least 4 members (excludes halogenated alkanes) is 25. The molecular formula is C63H113N2O7P. The van der Waals surface area contributed by atoms with E-state index in [0.717, 1.165) is 89.9 Å². The molecule has 0 aromatic rings. The molecule has 0 rings (SSSR count). The molecule has 0 aliphatic rings. The highest BCUT2D eigenvalue weighted by molar-refractivity contribution is 7.45. The van der Waals surface area contributed by atoms with E-state index < -0.39 is 26.6 Å². The van der Waals surface area contributed by atoms with Crippen molar-refractivity contribution in [3.63, 3.8) is 0 Å². The Morgan fingerprint density at radius 3 is 1.33 bits per heavy atom. The van der Waals surface area contributed by atoms with Gasteiger partial charge in [0, 0.05) is 12.8 Å². The van der Waals surface area contributed by atoms with Gasteiger partial charge in [0.1, 0.15) is 19.3 Å². The molecule has 0 aromatic heterocycles. The lowest BCUT2D eigenvalue weighted by molar-refractivity contribution is -0.870. The number of rotatable bonds is 53. The number of phosphoric ester groups is 1. The maximum Gasteiger partial charge on any atom is 0.306 e. The summed E-state index contributed by atoms with van der Waals surface area (Å²) in [5, 5.41) is 3.00. The van der Waals surface area contributed by atoms with Gasteiger partial charge in [0.25, 0.3) is 7.82 Å². The largest absolute Gasteiger partial charge is 0.756 e. The monoisotopic (exact) mass is 1040 g/mol. The van der Waals surface area contributed by atoms with Crippen LogP contribution in [0.5, 0.6) is 0 Å². The second-order valence-corrected chi connectivity index (χ2v) is 22.5. The number of hydrogen-bond donors (Lipinski definition) is 1. The van der Waals surface area contributed by atoms with E-state index >= 15 is 0 Å². The molecule has 0 bridgehead atoms. The smallest absolute Gasteiger partial charge is 0.306 e. The van der Waals surface area contributed by atoms with E-state index in [-0.39, 0.29) is 31.3 Å². The third kappa shape index (κ3) is 53.8. The fraction of sp³-hybridized carbons (Fsp3) is 0.746. The molecule has 0 spiro atoms. The first-order valence-electron chi connectivity index (χ1n) is 29.9. The van der Waals surface area contributed by atoms with E-state index in [1.807, 2.05) is 33.3 Å². The van der Waals surface area contributed by atoms with Crippen molar-refractivity contribution in [2.45, 2.75) is 264 Å². The van der Waals surface area contributed by atoms with Crippen LogP contribution in [0.15, 0.2) is 85.1 Å². The minimum absolute atomic E-state index is 0.0333. The number of nitrogens with zero attached hydrogens (tertiary/aromatic N) is 1. The zero-order valence-electron chi connectivity index (χ0n) is 48.1. The van der Waals surface area contributed by atoms with Crippen LogP contribution in [0.25, 0.3) is 0 Å². The maximum absolute atomic E-state index is 13.5. The Kier molecular flexibility index (Phi) is 50.6. The first kappa shape index (κ1) is 70.2. The predicted octanol–water partition coefficient (Wildman–Crippen LogP) is 17.6. The number of ether oxygens (including phenoxy) is 1. The lowest BCUT2D eigenvalue weighted by Crippen LogP contribution is -2.47. The zero-order valence-corrected chi connectivity index (χ0v) is 49.0. The van der Waals surface area contributed by atoms with Gasteiger partial charge in [-0.25, -0.2) is 0 Å². The number of quaternary nitrogens is 1. The molecule has 0 aliphatic heterocycles. The van der Waals surface area contributed by atoms with Crippen LogP contribution >= 0.6 is 7.82 Å². The summed E-state index contributed by atoms with van der Waals surface area (Å²) in [6.07, 6.45) is 68.3. The van der Waals surface area contributed by atoms with Gasteiger partial charge in [0.05, 0.1) is 33.8 Å². The van der Waals surface area contributed by atoms with Crippen LogP contribution in [0.4, 0.5) is 0 Å². The highest BCUT2D eigenvalue weighted by Gasteiger charge is 2.27. The van der Waals surface area contributed by atoms with Crippen molar-refractivity contribution in [2.75, 3.05) is 40.9 Å². The van der Waals surface area contributed by atoms with Gasteiger partial charge in [-0.15, -0.1) is 0 Å². The van der Waals surface area contributed by atoms with Crippen molar-refractivity contribution >= 4 is 19.7 Å². The highest BCUT2D eigenvalue weighted by atomic mass is 31.2. The van der Waals surface area contributed by atoms with Gasteiger partial charge in [-0.2, -0.15) is 0 Å². The molecule has 0 aromatic carbocycles. The Hall–Kier alpha value is -2.81. The van der Waals surface area contributed by atoms with Crippen molar-refractivity contribution in [3.8, 4) is 0 Å². The van der Waals surface area contributed by atoms with E-state index in [9.17, 15) is 19.0 Å². The van der Waals surface area contributed by atoms with Crippen LogP contribution in [0.2, 0.25) is 0 Å². The summed E-state index contributed by atoms with van der Waals surface area (Å²) < 4.78 is 30.2. The number of hydrogen-bond acceptors (Lipinski definition) is 7. The third-order valence-electron chi connectivity index (χ3n) is 12.8. The second kappa shape index (κ2) is 52.6. The van der Waals surface area contributed by atoms with Crippen molar-refractivity contribution < 1.29 is 37.3 Å². The van der Waals surface area contributed by atoms with Gasteiger partial charge in [0.15, 0.2) is 0 Å². The summed E-state index contributed by atoms with van der Waals surface area (Å²) in [7, 11) is 1.15. The summed E-state index contributed by atoms with van der Waals surface area (Å²) >= 11 is 0. The Balaban J connectivity index is 5.39. The zero-order chi connectivity index (χ0) is 53.6. The molecule has 73 heavy (non-hydrogen) atoms. The molecule has 0 aliphatic carbocycles. The molecule has 0 radical (unpaired) electrons. The lowest BCUT2D eigenvalue weighted by atomic mass is 10.0. The Bertz CT molecular complexity index is 1530. The summed E-state index contributed by atoms with van der Waals surface area (Å²) in [6.45, 7) is 6.69. The predicted molar refractivity (Wildman–Crippen MR) is 311 cm³/mol. The number of phosphoric acid groups is 1. The average Bonchev–Trinajstić information content (AvgIpc) is 3.35. The summed E-state index contributed by atoms with van der Waals surface area (Å²) in [5.41, 5.74) is 0. The average molecular weight is 1040 g/mol. The van der Waals surface area contributed by atoms with Crippen LogP contribution in [0.3, 0.4) is 0 Å². The van der Waals surface area contributed by atoms with E-state index in [1.54, 1.807) is 0 Å². The summed E-state index contributed by atoms with van der Waals surface area (Å²) in [5.74, 6) is -0.591. The van der Waals surface area contributed by atoms with Gasteiger partial charge >= 0.3 is 5.97 Å². The van der Waals surface area contributed by atoms with Crippen LogP contribution in [-0.4, -0.2) is 69.4 Å². The Morgan fingerprint density at radius 1 is 0.493 bits per heavy atom. The minimum Gasteiger partial charge on any atom is -0.756 e. The number of carbonyl (C=O) groups excluding carboxylic acids is 2. The van der Waals surface area contributed by atoms with Crippen LogP contribution < -0.4 is 10.2 Å². The highest BCUT2D eigenvalue weighted by Crippen LogP contribution is 2.38. The van der Waals surface area contributed by atoms with Crippen molar-refractivity contribution in [1.82, 2.24) is 5.32 Å². The summed E-state index contributed by atoms with van der Waals surface area (Å²) in [6, 6.07) is -0.913. The number of esters is 1. The van der Waals surface area contributed by atoms with Crippen molar-refractivity contribution in [2.24, 2.45) is 0 Å². The molecule has 3 unspecified atom stereocenters. The maximum atomic E-state index is 13.5. The Morgan fingerprint density at radius 2 is 0.877 bits per heavy atom. The van der Waals surface area contributed by atoms with Crippen LogP contribution in [0.1, 0.15) is 252 Å². The second-order valence-electron chi connectivity index (χ2n) is 21.1. The fourth-order valence-electron chi connectivity index (χ4n) is 8.23. The molecule has 1 amide bonds. The normalized spacial score (nSPS) is 14.3. The molecule has 0 heterocycles. The molecule has 1 N–H and O–H groups in total. The molecule has 3 atom stereocenters. The Labute approximate surface area is 450 Å². The topological polar surface area (TPSA) is 114 Å². The SMILES string of the molecule is CC/C=C\C/C=C\C/C=C\C/C=C\C/C=C\C/C=C\CCCCC(=O)NC(COP(=O)([O-])OCC[N+](C)(C)C)C(/C=C\CCCCCCCCCCCCC)OC(=O)CCCCCCCCCCCCCCC. The third-order valence-corrected chi connectivity index (χ3v) is 13.8. The number of likely N-dealkylation sites (N-methyl/N-ethyl adjacent to an activating group) is 1.